The van der Waals surface area contributed by atoms with Gasteiger partial charge in [-0.25, -0.2) is 0 Å². The van der Waals surface area contributed by atoms with Crippen molar-refractivity contribution < 1.29 is 4.79 Å². The number of carbonyl (C=O) groups excluding carboxylic acids is 1. The lowest BCUT2D eigenvalue weighted by atomic mass is 9.93. The molecule has 0 aliphatic carbocycles. The number of nitrogens with zero attached hydrogens (tertiary/aromatic N) is 6. The van der Waals surface area contributed by atoms with Gasteiger partial charge >= 0.3 is 0 Å². The SMILES string of the molecule is CC(=O)c1ccc(C)c(Cn2nc(C)c3c(C#N)c(C#N)c(C#N)c(C#N)c32)c1C. The first-order valence-electron chi connectivity index (χ1n) is 9.08. The summed E-state index contributed by atoms with van der Waals surface area (Å²) in [5, 5.41) is 43.5. The van der Waals surface area contributed by atoms with Gasteiger partial charge in [-0.05, 0) is 44.4 Å². The Balaban J connectivity index is 2.43. The molecule has 0 aliphatic rings. The lowest BCUT2D eigenvalue weighted by molar-refractivity contribution is 0.101. The van der Waals surface area contributed by atoms with E-state index >= 15 is 0 Å². The lowest BCUT2D eigenvalue weighted by Gasteiger charge is -2.14. The van der Waals surface area contributed by atoms with Crippen LogP contribution in [0.3, 0.4) is 0 Å². The summed E-state index contributed by atoms with van der Waals surface area (Å²) < 4.78 is 1.57. The summed E-state index contributed by atoms with van der Waals surface area (Å²) in [5.41, 5.74) is 3.88. The van der Waals surface area contributed by atoms with E-state index in [4.69, 9.17) is 0 Å². The molecule has 0 bridgehead atoms. The quantitative estimate of drug-likeness (QED) is 0.625. The van der Waals surface area contributed by atoms with Crippen LogP contribution in [-0.2, 0) is 6.54 Å². The van der Waals surface area contributed by atoms with Crippen molar-refractivity contribution >= 4 is 16.7 Å². The van der Waals surface area contributed by atoms with Gasteiger partial charge in [0.25, 0.3) is 0 Å². The fourth-order valence-electron chi connectivity index (χ4n) is 3.85. The zero-order valence-corrected chi connectivity index (χ0v) is 17.0. The zero-order valence-electron chi connectivity index (χ0n) is 17.0. The molecule has 0 aliphatic heterocycles. The maximum absolute atomic E-state index is 12.0. The topological polar surface area (TPSA) is 130 Å². The highest BCUT2D eigenvalue weighted by atomic mass is 16.1. The normalized spacial score (nSPS) is 10.1. The minimum atomic E-state index is -0.129. The number of ketones is 1. The van der Waals surface area contributed by atoms with Crippen LogP contribution in [0.5, 0.6) is 0 Å². The van der Waals surface area contributed by atoms with E-state index in [9.17, 15) is 25.8 Å². The molecule has 7 heteroatoms. The Morgan fingerprint density at radius 1 is 0.933 bits per heavy atom. The maximum Gasteiger partial charge on any atom is 0.160 e. The minimum Gasteiger partial charge on any atom is -0.295 e. The van der Waals surface area contributed by atoms with Crippen molar-refractivity contribution in [2.24, 2.45) is 0 Å². The van der Waals surface area contributed by atoms with Crippen LogP contribution >= 0.6 is 0 Å². The molecule has 1 aromatic heterocycles. The third kappa shape index (κ3) is 2.87. The zero-order chi connectivity index (χ0) is 22.2. The Bertz CT molecular complexity index is 1410. The van der Waals surface area contributed by atoms with Gasteiger partial charge in [0, 0.05) is 10.9 Å². The Hall–Kier alpha value is -4.46. The van der Waals surface area contributed by atoms with Crippen molar-refractivity contribution in [3.8, 4) is 24.3 Å². The fraction of sp³-hybridized carbons (Fsp3) is 0.217. The maximum atomic E-state index is 12.0. The molecular weight excluding hydrogens is 376 g/mol. The third-order valence-electron chi connectivity index (χ3n) is 5.33. The van der Waals surface area contributed by atoms with Crippen molar-refractivity contribution in [1.29, 1.82) is 21.0 Å². The van der Waals surface area contributed by atoms with Crippen LogP contribution in [0.2, 0.25) is 0 Å². The molecule has 144 valence electrons. The van der Waals surface area contributed by atoms with Gasteiger partial charge in [0.05, 0.1) is 40.0 Å². The molecule has 0 spiro atoms. The number of benzene rings is 2. The molecule has 0 saturated carbocycles. The highest BCUT2D eigenvalue weighted by molar-refractivity contribution is 5.97. The number of hydrogen-bond donors (Lipinski definition) is 0. The summed E-state index contributed by atoms with van der Waals surface area (Å²) in [7, 11) is 0. The molecule has 3 aromatic rings. The highest BCUT2D eigenvalue weighted by Crippen LogP contribution is 2.33. The average Bonchev–Trinajstić information content (AvgIpc) is 3.04. The Kier molecular flexibility index (Phi) is 5.08. The van der Waals surface area contributed by atoms with E-state index in [1.54, 1.807) is 17.7 Å². The van der Waals surface area contributed by atoms with E-state index < -0.39 is 0 Å². The van der Waals surface area contributed by atoms with E-state index in [0.717, 1.165) is 16.7 Å². The standard InChI is InChI=1S/C23H16N6O/c1-12-5-6-16(15(4)30)13(2)21(12)11-29-23-20(10-27)18(8-25)17(7-24)19(9-26)22(23)14(3)28-29/h5-6H,11H2,1-4H3. The van der Waals surface area contributed by atoms with Crippen molar-refractivity contribution in [3.63, 3.8) is 0 Å². The summed E-state index contributed by atoms with van der Waals surface area (Å²) in [6.07, 6.45) is 0. The molecule has 7 nitrogen and oxygen atoms in total. The number of aromatic nitrogens is 2. The molecule has 0 N–H and O–H groups in total. The Morgan fingerprint density at radius 3 is 2.03 bits per heavy atom. The Labute approximate surface area is 173 Å². The first-order valence-corrected chi connectivity index (χ1v) is 9.08. The molecular formula is C23H16N6O. The van der Waals surface area contributed by atoms with Gasteiger partial charge in [-0.1, -0.05) is 12.1 Å². The summed E-state index contributed by atoms with van der Waals surface area (Å²) in [6, 6.07) is 11.4. The third-order valence-corrected chi connectivity index (χ3v) is 5.33. The van der Waals surface area contributed by atoms with E-state index in [2.05, 4.69) is 5.10 Å². The average molecular weight is 392 g/mol. The number of fused-ring (bicyclic) bond motifs is 1. The molecule has 0 fully saturated rings. The molecule has 3 rings (SSSR count). The first kappa shape index (κ1) is 20.3. The number of aryl methyl sites for hydroxylation is 2. The molecule has 2 aromatic carbocycles. The first-order chi connectivity index (χ1) is 14.3. The van der Waals surface area contributed by atoms with Gasteiger partial charge in [0.2, 0.25) is 0 Å². The number of hydrogen-bond acceptors (Lipinski definition) is 6. The smallest absolute Gasteiger partial charge is 0.160 e. The summed E-state index contributed by atoms with van der Waals surface area (Å²) >= 11 is 0. The minimum absolute atomic E-state index is 0.0154. The van der Waals surface area contributed by atoms with Crippen LogP contribution < -0.4 is 0 Å². The summed E-state index contributed by atoms with van der Waals surface area (Å²) in [6.45, 7) is 7.23. The lowest BCUT2D eigenvalue weighted by Crippen LogP contribution is -2.10. The molecule has 0 radical (unpaired) electrons. The van der Waals surface area contributed by atoms with Crippen molar-refractivity contribution in [2.75, 3.05) is 0 Å². The van der Waals surface area contributed by atoms with Gasteiger partial charge in [-0.2, -0.15) is 26.1 Å². The monoisotopic (exact) mass is 392 g/mol. The van der Waals surface area contributed by atoms with E-state index in [1.807, 2.05) is 44.2 Å². The molecule has 30 heavy (non-hydrogen) atoms. The van der Waals surface area contributed by atoms with E-state index in [0.29, 0.717) is 22.2 Å². The number of nitriles is 4. The van der Waals surface area contributed by atoms with Crippen LogP contribution in [-0.4, -0.2) is 15.6 Å². The van der Waals surface area contributed by atoms with Crippen molar-refractivity contribution in [1.82, 2.24) is 9.78 Å². The van der Waals surface area contributed by atoms with Gasteiger partial charge in [-0.15, -0.1) is 0 Å². The fourth-order valence-corrected chi connectivity index (χ4v) is 3.85. The predicted molar refractivity (Wildman–Crippen MR) is 108 cm³/mol. The number of rotatable bonds is 3. The van der Waals surface area contributed by atoms with Crippen LogP contribution in [0.25, 0.3) is 10.9 Å². The molecule has 0 amide bonds. The Morgan fingerprint density at radius 2 is 1.50 bits per heavy atom. The van der Waals surface area contributed by atoms with Crippen LogP contribution in [0.15, 0.2) is 12.1 Å². The van der Waals surface area contributed by atoms with Crippen LogP contribution in [0.4, 0.5) is 0 Å². The second kappa shape index (κ2) is 7.51. The van der Waals surface area contributed by atoms with Crippen molar-refractivity contribution in [3.05, 3.63) is 62.3 Å². The highest BCUT2D eigenvalue weighted by Gasteiger charge is 2.25. The van der Waals surface area contributed by atoms with Gasteiger partial charge in [-0.3, -0.25) is 9.48 Å². The molecule has 0 unspecified atom stereocenters. The number of Topliss-reactive ketones (excluding diaryl/α,β-unsaturated/α-hetero) is 1. The summed E-state index contributed by atoms with van der Waals surface area (Å²) in [4.78, 5) is 12.0. The van der Waals surface area contributed by atoms with Crippen LogP contribution in [0.1, 0.15) is 61.9 Å². The van der Waals surface area contributed by atoms with Crippen LogP contribution in [0, 0.1) is 66.1 Å². The summed E-state index contributed by atoms with van der Waals surface area (Å²) in [5.74, 6) is -0.0508. The molecule has 1 heterocycles. The second-order valence-corrected chi connectivity index (χ2v) is 7.00. The predicted octanol–water partition coefficient (Wildman–Crippen LogP) is 3.70. The van der Waals surface area contributed by atoms with Gasteiger partial charge in [0.15, 0.2) is 5.78 Å². The molecule has 0 atom stereocenters. The second-order valence-electron chi connectivity index (χ2n) is 7.00. The van der Waals surface area contributed by atoms with Crippen molar-refractivity contribution in [2.45, 2.75) is 34.2 Å². The van der Waals surface area contributed by atoms with E-state index in [-0.39, 0.29) is 34.6 Å². The van der Waals surface area contributed by atoms with Gasteiger partial charge < -0.3 is 0 Å². The largest absolute Gasteiger partial charge is 0.295 e. The van der Waals surface area contributed by atoms with Gasteiger partial charge in [0.1, 0.15) is 24.3 Å². The number of carbonyl (C=O) groups is 1. The van der Waals surface area contributed by atoms with E-state index in [1.165, 1.54) is 6.92 Å². The molecule has 0 saturated heterocycles.